The number of hydrogen-bond donors (Lipinski definition) is 1. The molecule has 0 bridgehead atoms. The average Bonchev–Trinajstić information content (AvgIpc) is 3.21. The van der Waals surface area contributed by atoms with E-state index in [0.717, 1.165) is 30.8 Å². The zero-order chi connectivity index (χ0) is 24.0. The second-order valence-electron chi connectivity index (χ2n) is 8.02. The summed E-state index contributed by atoms with van der Waals surface area (Å²) in [6, 6.07) is 13.4. The lowest BCUT2D eigenvalue weighted by atomic mass is 10.2. The van der Waals surface area contributed by atoms with Gasteiger partial charge >= 0.3 is 0 Å². The molecule has 3 rings (SSSR count). The Bertz CT molecular complexity index is 1110. The van der Waals surface area contributed by atoms with Gasteiger partial charge in [-0.05, 0) is 65.5 Å². The van der Waals surface area contributed by atoms with E-state index in [9.17, 15) is 18.0 Å². The van der Waals surface area contributed by atoms with Gasteiger partial charge < -0.3 is 15.1 Å². The molecule has 2 aromatic carbocycles. The number of halogens is 1. The molecule has 178 valence electrons. The Morgan fingerprint density at radius 2 is 1.91 bits per heavy atom. The molecule has 1 N–H and O–H groups in total. The van der Waals surface area contributed by atoms with E-state index >= 15 is 0 Å². The SMILES string of the molecule is CCN(CCCNC(=O)CCS(=O)(=O)c1cc2c(cc1Br)CCN2C(C)=O)c1ccccc1. The van der Waals surface area contributed by atoms with Gasteiger partial charge in [-0.1, -0.05) is 18.2 Å². The normalized spacial score (nSPS) is 13.0. The van der Waals surface area contributed by atoms with Crippen LogP contribution in [0, 0.1) is 0 Å². The van der Waals surface area contributed by atoms with Crippen LogP contribution in [0.3, 0.4) is 0 Å². The van der Waals surface area contributed by atoms with Crippen LogP contribution in [0.25, 0.3) is 0 Å². The Balaban J connectivity index is 1.52. The minimum Gasteiger partial charge on any atom is -0.372 e. The van der Waals surface area contributed by atoms with Gasteiger partial charge in [0.05, 0.1) is 10.6 Å². The molecule has 7 nitrogen and oxygen atoms in total. The Hall–Kier alpha value is -2.39. The predicted molar refractivity (Wildman–Crippen MR) is 134 cm³/mol. The monoisotopic (exact) mass is 535 g/mol. The van der Waals surface area contributed by atoms with Crippen molar-refractivity contribution in [1.82, 2.24) is 5.32 Å². The smallest absolute Gasteiger partial charge is 0.223 e. The van der Waals surface area contributed by atoms with Crippen LogP contribution in [0.15, 0.2) is 51.8 Å². The molecule has 2 amide bonds. The molecule has 0 atom stereocenters. The summed E-state index contributed by atoms with van der Waals surface area (Å²) < 4.78 is 26.3. The van der Waals surface area contributed by atoms with Crippen molar-refractivity contribution in [2.75, 3.05) is 41.7 Å². The molecule has 1 heterocycles. The Morgan fingerprint density at radius 3 is 2.58 bits per heavy atom. The van der Waals surface area contributed by atoms with Gasteiger partial charge in [-0.25, -0.2) is 8.42 Å². The van der Waals surface area contributed by atoms with Gasteiger partial charge in [-0.15, -0.1) is 0 Å². The minimum atomic E-state index is -3.69. The van der Waals surface area contributed by atoms with Crippen LogP contribution >= 0.6 is 15.9 Å². The van der Waals surface area contributed by atoms with Gasteiger partial charge in [0.1, 0.15) is 0 Å². The average molecular weight is 536 g/mol. The molecule has 1 aliphatic rings. The van der Waals surface area contributed by atoms with E-state index in [-0.39, 0.29) is 28.9 Å². The van der Waals surface area contributed by atoms with Crippen LogP contribution in [0.5, 0.6) is 0 Å². The Morgan fingerprint density at radius 1 is 1.18 bits per heavy atom. The number of amides is 2. The number of nitrogens with zero attached hydrogens (tertiary/aromatic N) is 2. The number of fused-ring (bicyclic) bond motifs is 1. The molecule has 0 aromatic heterocycles. The summed E-state index contributed by atoms with van der Waals surface area (Å²) in [5.74, 6) is -0.696. The third-order valence-electron chi connectivity index (χ3n) is 5.77. The zero-order valence-corrected chi connectivity index (χ0v) is 21.4. The van der Waals surface area contributed by atoms with E-state index in [1.165, 1.54) is 6.92 Å². The van der Waals surface area contributed by atoms with Crippen LogP contribution in [-0.4, -0.2) is 52.2 Å². The summed E-state index contributed by atoms with van der Waals surface area (Å²) in [6.07, 6.45) is 1.34. The Kier molecular flexibility index (Phi) is 8.53. The topological polar surface area (TPSA) is 86.8 Å². The van der Waals surface area contributed by atoms with Gasteiger partial charge in [-0.2, -0.15) is 0 Å². The number of hydrogen-bond acceptors (Lipinski definition) is 5. The van der Waals surface area contributed by atoms with Gasteiger partial charge in [-0.3, -0.25) is 9.59 Å². The van der Waals surface area contributed by atoms with Crippen molar-refractivity contribution >= 4 is 49.0 Å². The fourth-order valence-corrected chi connectivity index (χ4v) is 6.44. The number of anilines is 2. The number of nitrogens with one attached hydrogen (secondary N) is 1. The largest absolute Gasteiger partial charge is 0.372 e. The summed E-state index contributed by atoms with van der Waals surface area (Å²) in [5, 5.41) is 2.82. The molecular formula is C24H30BrN3O4S. The van der Waals surface area contributed by atoms with Gasteiger partial charge in [0, 0.05) is 55.4 Å². The molecule has 1 aliphatic heterocycles. The molecule has 0 saturated carbocycles. The fourth-order valence-electron chi connectivity index (χ4n) is 3.99. The maximum absolute atomic E-state index is 12.9. The van der Waals surface area contributed by atoms with E-state index < -0.39 is 9.84 Å². The molecule has 0 fully saturated rings. The highest BCUT2D eigenvalue weighted by Crippen LogP contribution is 2.36. The van der Waals surface area contributed by atoms with Crippen molar-refractivity contribution in [2.45, 2.75) is 38.0 Å². The van der Waals surface area contributed by atoms with Crippen LogP contribution in [0.1, 0.15) is 32.3 Å². The Labute approximate surface area is 204 Å². The highest BCUT2D eigenvalue weighted by molar-refractivity contribution is 9.10. The molecule has 0 radical (unpaired) electrons. The van der Waals surface area contributed by atoms with Crippen molar-refractivity contribution < 1.29 is 18.0 Å². The number of carbonyl (C=O) groups is 2. The molecule has 0 spiro atoms. The van der Waals surface area contributed by atoms with Crippen molar-refractivity contribution in [3.05, 3.63) is 52.5 Å². The number of sulfone groups is 1. The van der Waals surface area contributed by atoms with Gasteiger partial charge in [0.15, 0.2) is 9.84 Å². The second-order valence-corrected chi connectivity index (χ2v) is 11.0. The highest BCUT2D eigenvalue weighted by Gasteiger charge is 2.27. The lowest BCUT2D eigenvalue weighted by Gasteiger charge is -2.23. The predicted octanol–water partition coefficient (Wildman–Crippen LogP) is 3.55. The molecule has 0 aliphatic carbocycles. The second kappa shape index (κ2) is 11.2. The first kappa shape index (κ1) is 25.2. The third-order valence-corrected chi connectivity index (χ3v) is 8.44. The van der Waals surface area contributed by atoms with E-state index in [1.54, 1.807) is 17.0 Å². The standard InChI is InChI=1S/C24H30BrN3O4S/c1-3-27(20-8-5-4-6-9-20)13-7-12-26-24(30)11-15-33(31,32)23-17-22-19(16-21(23)25)10-14-28(22)18(2)29/h4-6,8-9,16-17H,3,7,10-15H2,1-2H3,(H,26,30). The molecular weight excluding hydrogens is 506 g/mol. The maximum atomic E-state index is 12.9. The lowest BCUT2D eigenvalue weighted by molar-refractivity contribution is -0.120. The van der Waals surface area contributed by atoms with Gasteiger partial charge in [0.2, 0.25) is 11.8 Å². The summed E-state index contributed by atoms with van der Waals surface area (Å²) in [4.78, 5) is 28.0. The van der Waals surface area contributed by atoms with Crippen molar-refractivity contribution in [3.8, 4) is 0 Å². The first-order chi connectivity index (χ1) is 15.7. The third kappa shape index (κ3) is 6.35. The maximum Gasteiger partial charge on any atom is 0.223 e. The van der Waals surface area contributed by atoms with Crippen LogP contribution in [0.2, 0.25) is 0 Å². The summed E-state index contributed by atoms with van der Waals surface area (Å²) in [6.45, 7) is 6.25. The zero-order valence-electron chi connectivity index (χ0n) is 19.0. The summed E-state index contributed by atoms with van der Waals surface area (Å²) in [5.41, 5.74) is 2.71. The number of rotatable bonds is 10. The first-order valence-electron chi connectivity index (χ1n) is 11.1. The molecule has 9 heteroatoms. The number of para-hydroxylation sites is 1. The highest BCUT2D eigenvalue weighted by atomic mass is 79.9. The molecule has 0 saturated heterocycles. The minimum absolute atomic E-state index is 0.113. The number of carbonyl (C=O) groups excluding carboxylic acids is 2. The lowest BCUT2D eigenvalue weighted by Crippen LogP contribution is -2.30. The van der Waals surface area contributed by atoms with E-state index in [0.29, 0.717) is 29.7 Å². The van der Waals surface area contributed by atoms with E-state index in [4.69, 9.17) is 0 Å². The fraction of sp³-hybridized carbons (Fsp3) is 0.417. The van der Waals surface area contributed by atoms with Crippen LogP contribution in [-0.2, 0) is 25.8 Å². The number of benzene rings is 2. The van der Waals surface area contributed by atoms with Crippen LogP contribution < -0.4 is 15.1 Å². The van der Waals surface area contributed by atoms with E-state index in [2.05, 4.69) is 45.2 Å². The van der Waals surface area contributed by atoms with Crippen molar-refractivity contribution in [2.24, 2.45) is 0 Å². The summed E-state index contributed by atoms with van der Waals surface area (Å²) in [7, 11) is -3.69. The van der Waals surface area contributed by atoms with Crippen molar-refractivity contribution in [3.63, 3.8) is 0 Å². The molecule has 0 unspecified atom stereocenters. The quantitative estimate of drug-likeness (QED) is 0.470. The van der Waals surface area contributed by atoms with Crippen LogP contribution in [0.4, 0.5) is 11.4 Å². The summed E-state index contributed by atoms with van der Waals surface area (Å²) >= 11 is 3.35. The van der Waals surface area contributed by atoms with Gasteiger partial charge in [0.25, 0.3) is 0 Å². The van der Waals surface area contributed by atoms with E-state index in [1.807, 2.05) is 18.2 Å². The molecule has 2 aromatic rings. The molecule has 33 heavy (non-hydrogen) atoms. The van der Waals surface area contributed by atoms with Crippen molar-refractivity contribution in [1.29, 1.82) is 0 Å². The first-order valence-corrected chi connectivity index (χ1v) is 13.6.